The Hall–Kier alpha value is -1.62. The van der Waals surface area contributed by atoms with Gasteiger partial charge in [0.25, 0.3) is 5.91 Å². The molecule has 0 spiro atoms. The van der Waals surface area contributed by atoms with E-state index in [-0.39, 0.29) is 11.9 Å². The lowest BCUT2D eigenvalue weighted by atomic mass is 10.0. The molecule has 0 fully saturated rings. The maximum absolute atomic E-state index is 12.0. The Labute approximate surface area is 110 Å². The van der Waals surface area contributed by atoms with Gasteiger partial charge in [0.1, 0.15) is 5.76 Å². The van der Waals surface area contributed by atoms with Crippen molar-refractivity contribution in [2.45, 2.75) is 26.8 Å². The summed E-state index contributed by atoms with van der Waals surface area (Å²) in [5.74, 6) is 0.761. The molecular formula is C13H16N2O2S. The molecule has 2 aromatic heterocycles. The molecule has 1 amide bonds. The van der Waals surface area contributed by atoms with Gasteiger partial charge in [0.05, 0.1) is 6.04 Å². The predicted octanol–water partition coefficient (Wildman–Crippen LogP) is 3.17. The Morgan fingerprint density at radius 1 is 1.50 bits per heavy atom. The summed E-state index contributed by atoms with van der Waals surface area (Å²) >= 11 is 1.64. The average Bonchev–Trinajstić information content (AvgIpc) is 2.95. The number of nitrogens with one attached hydrogen (secondary N) is 1. The number of rotatable bonds is 4. The third-order valence-corrected chi connectivity index (χ3v) is 3.62. The van der Waals surface area contributed by atoms with E-state index in [4.69, 9.17) is 4.52 Å². The molecule has 0 aliphatic carbocycles. The first kappa shape index (κ1) is 12.8. The van der Waals surface area contributed by atoms with Crippen molar-refractivity contribution in [3.8, 4) is 0 Å². The summed E-state index contributed by atoms with van der Waals surface area (Å²) in [7, 11) is 0. The van der Waals surface area contributed by atoms with Crippen molar-refractivity contribution in [2.75, 3.05) is 0 Å². The number of aromatic nitrogens is 1. The molecule has 0 aliphatic heterocycles. The van der Waals surface area contributed by atoms with Crippen molar-refractivity contribution in [1.82, 2.24) is 10.5 Å². The second kappa shape index (κ2) is 5.35. The minimum Gasteiger partial charge on any atom is -0.361 e. The van der Waals surface area contributed by atoms with Crippen LogP contribution in [0.3, 0.4) is 0 Å². The largest absolute Gasteiger partial charge is 0.361 e. The molecule has 1 N–H and O–H groups in total. The number of nitrogens with zero attached hydrogens (tertiary/aromatic N) is 1. The number of carbonyl (C=O) groups is 1. The molecule has 5 heteroatoms. The number of thiophene rings is 1. The fourth-order valence-corrected chi connectivity index (χ4v) is 2.67. The highest BCUT2D eigenvalue weighted by Crippen LogP contribution is 2.26. The molecule has 0 saturated heterocycles. The van der Waals surface area contributed by atoms with Gasteiger partial charge in [0.15, 0.2) is 5.69 Å². The molecular weight excluding hydrogens is 248 g/mol. The van der Waals surface area contributed by atoms with Crippen LogP contribution < -0.4 is 5.32 Å². The fraction of sp³-hybridized carbons (Fsp3) is 0.385. The van der Waals surface area contributed by atoms with E-state index in [1.165, 1.54) is 0 Å². The lowest BCUT2D eigenvalue weighted by Gasteiger charge is -2.20. The molecule has 18 heavy (non-hydrogen) atoms. The van der Waals surface area contributed by atoms with E-state index in [9.17, 15) is 4.79 Å². The van der Waals surface area contributed by atoms with Crippen molar-refractivity contribution < 1.29 is 9.32 Å². The van der Waals surface area contributed by atoms with Gasteiger partial charge < -0.3 is 9.84 Å². The minimum atomic E-state index is -0.195. The van der Waals surface area contributed by atoms with Gasteiger partial charge in [-0.15, -0.1) is 11.3 Å². The smallest absolute Gasteiger partial charge is 0.273 e. The summed E-state index contributed by atoms with van der Waals surface area (Å²) in [5, 5.41) is 8.73. The summed E-state index contributed by atoms with van der Waals surface area (Å²) in [4.78, 5) is 13.2. The number of carbonyl (C=O) groups excluding carboxylic acids is 1. The molecule has 0 radical (unpaired) electrons. The number of amides is 1. The van der Waals surface area contributed by atoms with E-state index in [0.717, 1.165) is 4.88 Å². The Morgan fingerprint density at radius 2 is 2.28 bits per heavy atom. The van der Waals surface area contributed by atoms with Crippen LogP contribution in [0.2, 0.25) is 0 Å². The van der Waals surface area contributed by atoms with E-state index < -0.39 is 0 Å². The third-order valence-electron chi connectivity index (χ3n) is 2.66. The number of hydrogen-bond donors (Lipinski definition) is 1. The first-order chi connectivity index (χ1) is 8.58. The highest BCUT2D eigenvalue weighted by Gasteiger charge is 2.21. The van der Waals surface area contributed by atoms with E-state index >= 15 is 0 Å². The van der Waals surface area contributed by atoms with E-state index in [2.05, 4.69) is 24.3 Å². The molecule has 2 heterocycles. The lowest BCUT2D eigenvalue weighted by molar-refractivity contribution is 0.0917. The monoisotopic (exact) mass is 264 g/mol. The Bertz CT molecular complexity index is 517. The zero-order valence-corrected chi connectivity index (χ0v) is 11.5. The molecule has 0 saturated carbocycles. The third kappa shape index (κ3) is 2.79. The van der Waals surface area contributed by atoms with Crippen molar-refractivity contribution in [3.63, 3.8) is 0 Å². The molecule has 0 unspecified atom stereocenters. The van der Waals surface area contributed by atoms with Crippen molar-refractivity contribution >= 4 is 17.2 Å². The highest BCUT2D eigenvalue weighted by molar-refractivity contribution is 7.10. The summed E-state index contributed by atoms with van der Waals surface area (Å²) in [6.07, 6.45) is 0. The second-order valence-electron chi connectivity index (χ2n) is 4.53. The number of aryl methyl sites for hydroxylation is 1. The summed E-state index contributed by atoms with van der Waals surface area (Å²) in [5.41, 5.74) is 0.328. The molecule has 0 aliphatic rings. The van der Waals surface area contributed by atoms with Crippen molar-refractivity contribution in [1.29, 1.82) is 0 Å². The van der Waals surface area contributed by atoms with Gasteiger partial charge in [-0.25, -0.2) is 0 Å². The van der Waals surface area contributed by atoms with Crippen molar-refractivity contribution in [3.05, 3.63) is 39.9 Å². The van der Waals surface area contributed by atoms with Crippen molar-refractivity contribution in [2.24, 2.45) is 5.92 Å². The molecule has 0 aromatic carbocycles. The zero-order chi connectivity index (χ0) is 13.1. The van der Waals surface area contributed by atoms with Crippen LogP contribution in [0.1, 0.15) is 41.0 Å². The predicted molar refractivity (Wildman–Crippen MR) is 70.6 cm³/mol. The van der Waals surface area contributed by atoms with E-state index in [1.807, 2.05) is 17.5 Å². The number of hydrogen-bond acceptors (Lipinski definition) is 4. The van der Waals surface area contributed by atoms with Gasteiger partial charge in [-0.05, 0) is 24.3 Å². The normalized spacial score (nSPS) is 12.7. The minimum absolute atomic E-state index is 0.00880. The molecule has 1 atom stereocenters. The van der Waals surface area contributed by atoms with Gasteiger partial charge in [-0.3, -0.25) is 4.79 Å². The molecule has 4 nitrogen and oxygen atoms in total. The topological polar surface area (TPSA) is 55.1 Å². The van der Waals surface area contributed by atoms with Crippen LogP contribution in [-0.2, 0) is 0 Å². The molecule has 0 bridgehead atoms. The average molecular weight is 264 g/mol. The molecule has 2 aromatic rings. The van der Waals surface area contributed by atoms with Gasteiger partial charge in [-0.1, -0.05) is 25.1 Å². The summed E-state index contributed by atoms with van der Waals surface area (Å²) in [6, 6.07) is 5.67. The summed E-state index contributed by atoms with van der Waals surface area (Å²) < 4.78 is 4.91. The van der Waals surface area contributed by atoms with Crippen LogP contribution in [0.15, 0.2) is 28.1 Å². The fourth-order valence-electron chi connectivity index (χ4n) is 1.72. The standard InChI is InChI=1S/C13H16N2O2S/c1-8(2)12(11-5-4-6-18-11)14-13(16)10-7-9(3)17-15-10/h4-8,12H,1-3H3,(H,14,16)/t12-/m0/s1. The van der Waals surface area contributed by atoms with Crippen LogP contribution in [0.5, 0.6) is 0 Å². The first-order valence-electron chi connectivity index (χ1n) is 5.85. The van der Waals surface area contributed by atoms with Gasteiger partial charge in [0.2, 0.25) is 0 Å². The van der Waals surface area contributed by atoms with Crippen LogP contribution in [-0.4, -0.2) is 11.1 Å². The van der Waals surface area contributed by atoms with Gasteiger partial charge in [0, 0.05) is 10.9 Å². The SMILES string of the molecule is Cc1cc(C(=O)N[C@H](c2cccs2)C(C)C)no1. The Balaban J connectivity index is 2.13. The highest BCUT2D eigenvalue weighted by atomic mass is 32.1. The second-order valence-corrected chi connectivity index (χ2v) is 5.51. The Morgan fingerprint density at radius 3 is 2.78 bits per heavy atom. The van der Waals surface area contributed by atoms with Crippen LogP contribution in [0.4, 0.5) is 0 Å². The maximum Gasteiger partial charge on any atom is 0.273 e. The van der Waals surface area contributed by atoms with Gasteiger partial charge >= 0.3 is 0 Å². The van der Waals surface area contributed by atoms with Crippen LogP contribution in [0, 0.1) is 12.8 Å². The molecule has 96 valence electrons. The first-order valence-corrected chi connectivity index (χ1v) is 6.73. The lowest BCUT2D eigenvalue weighted by Crippen LogP contribution is -2.31. The van der Waals surface area contributed by atoms with Crippen LogP contribution in [0.25, 0.3) is 0 Å². The zero-order valence-electron chi connectivity index (χ0n) is 10.6. The van der Waals surface area contributed by atoms with E-state index in [0.29, 0.717) is 17.4 Å². The Kier molecular flexibility index (Phi) is 3.81. The summed E-state index contributed by atoms with van der Waals surface area (Å²) in [6.45, 7) is 5.93. The molecule has 2 rings (SSSR count). The van der Waals surface area contributed by atoms with Crippen LogP contribution >= 0.6 is 11.3 Å². The quantitative estimate of drug-likeness (QED) is 0.922. The maximum atomic E-state index is 12.0. The van der Waals surface area contributed by atoms with Gasteiger partial charge in [-0.2, -0.15) is 0 Å². The van der Waals surface area contributed by atoms with E-state index in [1.54, 1.807) is 24.3 Å².